The lowest BCUT2D eigenvalue weighted by Crippen LogP contribution is -2.29. The lowest BCUT2D eigenvalue weighted by Gasteiger charge is -2.06. The molecule has 0 spiro atoms. The van der Waals surface area contributed by atoms with E-state index in [9.17, 15) is 4.79 Å². The fraction of sp³-hybridized carbons (Fsp3) is 0.421. The van der Waals surface area contributed by atoms with Crippen LogP contribution < -0.4 is 15.8 Å². The molecule has 3 rings (SSSR count). The molecule has 0 bridgehead atoms. The summed E-state index contributed by atoms with van der Waals surface area (Å²) in [7, 11) is 1.64. The van der Waals surface area contributed by atoms with E-state index in [0.29, 0.717) is 12.5 Å². The highest BCUT2D eigenvalue weighted by molar-refractivity contribution is 5.93. The smallest absolute Gasteiger partial charge is 0.241 e. The second-order valence-corrected chi connectivity index (χ2v) is 6.58. The van der Waals surface area contributed by atoms with E-state index in [2.05, 4.69) is 25.6 Å². The largest absolute Gasteiger partial charge is 0.497 e. The van der Waals surface area contributed by atoms with Gasteiger partial charge in [0.2, 0.25) is 11.9 Å². The monoisotopic (exact) mass is 419 g/mol. The van der Waals surface area contributed by atoms with Crippen molar-refractivity contribution < 1.29 is 9.53 Å². The van der Waals surface area contributed by atoms with Crippen LogP contribution in [0.3, 0.4) is 0 Å². The zero-order chi connectivity index (χ0) is 19.8. The molecular formula is C19H26ClN7O2. The van der Waals surface area contributed by atoms with Crippen molar-refractivity contribution in [3.8, 4) is 5.75 Å². The Morgan fingerprint density at radius 2 is 2.07 bits per heavy atom. The van der Waals surface area contributed by atoms with Crippen LogP contribution in [0.1, 0.15) is 24.1 Å². The maximum atomic E-state index is 12.1. The van der Waals surface area contributed by atoms with Crippen LogP contribution in [0.5, 0.6) is 5.75 Å². The van der Waals surface area contributed by atoms with Gasteiger partial charge in [-0.25, -0.2) is 14.7 Å². The fourth-order valence-electron chi connectivity index (χ4n) is 2.90. The van der Waals surface area contributed by atoms with E-state index in [1.165, 1.54) is 0 Å². The van der Waals surface area contributed by atoms with Crippen molar-refractivity contribution >= 4 is 30.5 Å². The number of methoxy groups -OCH3 is 1. The van der Waals surface area contributed by atoms with Crippen LogP contribution in [-0.2, 0) is 24.2 Å². The Bertz CT molecular complexity index is 848. The van der Waals surface area contributed by atoms with E-state index in [4.69, 9.17) is 10.5 Å². The number of rotatable bonds is 10. The van der Waals surface area contributed by atoms with Gasteiger partial charge in [0, 0.05) is 19.0 Å². The molecule has 29 heavy (non-hydrogen) atoms. The Hall–Kier alpha value is -2.94. The van der Waals surface area contributed by atoms with Gasteiger partial charge in [0.15, 0.2) is 0 Å². The van der Waals surface area contributed by atoms with Crippen molar-refractivity contribution in [1.29, 1.82) is 0 Å². The zero-order valence-electron chi connectivity index (χ0n) is 16.3. The first kappa shape index (κ1) is 22.4. The second kappa shape index (κ2) is 11.2. The van der Waals surface area contributed by atoms with E-state index in [1.807, 2.05) is 30.5 Å². The Kier molecular flexibility index (Phi) is 8.60. The molecule has 9 nitrogen and oxygen atoms in total. The number of carbonyl (C=O) groups is 1. The third-order valence-electron chi connectivity index (χ3n) is 4.40. The summed E-state index contributed by atoms with van der Waals surface area (Å²) < 4.78 is 6.69. The standard InChI is InChI=1S/C19H25N7O2.ClH/c1-28-17-7-5-14(6-8-17)9-10-21-18(27)13-26-12-16(24-25-26)4-2-3-15-11-22-19(20)23-15;/h5-8,11-12,15H,2-4,9-10,13H2,1H3,(H2,20,23)(H,21,27);1H. The van der Waals surface area contributed by atoms with E-state index in [-0.39, 0.29) is 30.9 Å². The number of guanidine groups is 1. The van der Waals surface area contributed by atoms with Crippen LogP contribution in [0.2, 0.25) is 0 Å². The first-order valence-electron chi connectivity index (χ1n) is 9.28. The minimum absolute atomic E-state index is 0. The molecule has 0 saturated carbocycles. The summed E-state index contributed by atoms with van der Waals surface area (Å²) in [5.41, 5.74) is 7.52. The van der Waals surface area contributed by atoms with Crippen molar-refractivity contribution in [1.82, 2.24) is 20.3 Å². The molecule has 1 atom stereocenters. The summed E-state index contributed by atoms with van der Waals surface area (Å²) in [6, 6.07) is 7.87. The first-order valence-corrected chi connectivity index (χ1v) is 9.28. The third kappa shape index (κ3) is 7.19. The SMILES string of the molecule is COc1ccc(CCNC(=O)Cn2cc(CCCC3C=NC(N)=N3)nn2)cc1.Cl. The Labute approximate surface area is 175 Å². The number of hydrogen-bond donors (Lipinski definition) is 2. The predicted octanol–water partition coefficient (Wildman–Crippen LogP) is 1.16. The van der Waals surface area contributed by atoms with Gasteiger partial charge in [0.05, 0.1) is 18.8 Å². The molecule has 1 aromatic heterocycles. The van der Waals surface area contributed by atoms with Crippen molar-refractivity contribution in [2.75, 3.05) is 13.7 Å². The highest BCUT2D eigenvalue weighted by Crippen LogP contribution is 2.11. The van der Waals surface area contributed by atoms with Gasteiger partial charge < -0.3 is 15.8 Å². The van der Waals surface area contributed by atoms with Crippen LogP contribution in [0.4, 0.5) is 0 Å². The number of ether oxygens (including phenoxy) is 1. The Morgan fingerprint density at radius 3 is 2.76 bits per heavy atom. The third-order valence-corrected chi connectivity index (χ3v) is 4.40. The van der Waals surface area contributed by atoms with Crippen LogP contribution in [0.15, 0.2) is 40.4 Å². The minimum atomic E-state index is -0.0862. The molecule has 0 fully saturated rings. The molecule has 0 aliphatic carbocycles. The number of hydrogen-bond acceptors (Lipinski definition) is 7. The molecule has 1 aromatic carbocycles. The van der Waals surface area contributed by atoms with Gasteiger partial charge in [-0.1, -0.05) is 17.3 Å². The van der Waals surface area contributed by atoms with Crippen LogP contribution >= 0.6 is 12.4 Å². The average Bonchev–Trinajstić information content (AvgIpc) is 3.31. The number of aromatic nitrogens is 3. The summed E-state index contributed by atoms with van der Waals surface area (Å²) in [4.78, 5) is 20.2. The number of halogens is 1. The molecule has 10 heteroatoms. The quantitative estimate of drug-likeness (QED) is 0.598. The summed E-state index contributed by atoms with van der Waals surface area (Å²) in [6.07, 6.45) is 6.88. The van der Waals surface area contributed by atoms with Crippen LogP contribution in [-0.4, -0.2) is 52.8 Å². The summed E-state index contributed by atoms with van der Waals surface area (Å²) in [6.45, 7) is 0.727. The molecule has 2 heterocycles. The maximum absolute atomic E-state index is 12.1. The molecule has 1 amide bonds. The summed E-state index contributed by atoms with van der Waals surface area (Å²) >= 11 is 0. The number of nitrogens with zero attached hydrogens (tertiary/aromatic N) is 5. The Balaban J connectivity index is 0.00000300. The van der Waals surface area contributed by atoms with E-state index < -0.39 is 0 Å². The van der Waals surface area contributed by atoms with Crippen molar-refractivity contribution in [2.45, 2.75) is 38.3 Å². The molecule has 2 aromatic rings. The number of aryl methyl sites for hydroxylation is 1. The zero-order valence-corrected chi connectivity index (χ0v) is 17.1. The molecule has 0 saturated heterocycles. The lowest BCUT2D eigenvalue weighted by molar-refractivity contribution is -0.121. The molecule has 1 aliphatic heterocycles. The molecule has 3 N–H and O–H groups in total. The lowest BCUT2D eigenvalue weighted by atomic mass is 10.1. The predicted molar refractivity (Wildman–Crippen MR) is 114 cm³/mol. The Morgan fingerprint density at radius 1 is 1.28 bits per heavy atom. The summed E-state index contributed by atoms with van der Waals surface area (Å²) in [5.74, 6) is 1.08. The molecular weight excluding hydrogens is 394 g/mol. The van der Waals surface area contributed by atoms with Gasteiger partial charge in [-0.05, 0) is 43.4 Å². The maximum Gasteiger partial charge on any atom is 0.241 e. The normalized spacial score (nSPS) is 14.9. The molecule has 1 unspecified atom stereocenters. The molecule has 156 valence electrons. The van der Waals surface area contributed by atoms with Gasteiger partial charge >= 0.3 is 0 Å². The highest BCUT2D eigenvalue weighted by Gasteiger charge is 2.11. The number of nitrogens with two attached hydrogens (primary N) is 1. The van der Waals surface area contributed by atoms with Crippen LogP contribution in [0.25, 0.3) is 0 Å². The van der Waals surface area contributed by atoms with Crippen molar-refractivity contribution in [3.63, 3.8) is 0 Å². The molecule has 1 aliphatic rings. The van der Waals surface area contributed by atoms with Crippen LogP contribution in [0, 0.1) is 0 Å². The number of carbonyl (C=O) groups excluding carboxylic acids is 1. The van der Waals surface area contributed by atoms with E-state index >= 15 is 0 Å². The van der Waals surface area contributed by atoms with E-state index in [0.717, 1.165) is 42.7 Å². The van der Waals surface area contributed by atoms with Gasteiger partial charge in [-0.3, -0.25) is 4.79 Å². The number of aliphatic imine (C=N–C) groups is 2. The molecule has 0 radical (unpaired) electrons. The number of nitrogens with one attached hydrogen (secondary N) is 1. The minimum Gasteiger partial charge on any atom is -0.497 e. The van der Waals surface area contributed by atoms with Gasteiger partial charge in [-0.15, -0.1) is 17.5 Å². The number of benzene rings is 1. The van der Waals surface area contributed by atoms with Crippen molar-refractivity contribution in [2.24, 2.45) is 15.7 Å². The van der Waals surface area contributed by atoms with Crippen molar-refractivity contribution in [3.05, 3.63) is 41.7 Å². The number of amides is 1. The average molecular weight is 420 g/mol. The van der Waals surface area contributed by atoms with Gasteiger partial charge in [0.1, 0.15) is 12.3 Å². The first-order chi connectivity index (χ1) is 13.6. The summed E-state index contributed by atoms with van der Waals surface area (Å²) in [5, 5.41) is 11.0. The topological polar surface area (TPSA) is 120 Å². The highest BCUT2D eigenvalue weighted by atomic mass is 35.5. The van der Waals surface area contributed by atoms with Gasteiger partial charge in [0.25, 0.3) is 0 Å². The van der Waals surface area contributed by atoms with Gasteiger partial charge in [-0.2, -0.15) is 0 Å². The van der Waals surface area contributed by atoms with E-state index in [1.54, 1.807) is 18.0 Å². The second-order valence-electron chi connectivity index (χ2n) is 6.58. The fourth-order valence-corrected chi connectivity index (χ4v) is 2.90.